The zero-order chi connectivity index (χ0) is 20.3. The van der Waals surface area contributed by atoms with Crippen LogP contribution < -0.4 is 0 Å². The highest BCUT2D eigenvalue weighted by atomic mass is 32.2. The van der Waals surface area contributed by atoms with Crippen molar-refractivity contribution >= 4 is 15.9 Å². The molecule has 3 rings (SSSR count). The third kappa shape index (κ3) is 4.42. The maximum atomic E-state index is 13.2. The van der Waals surface area contributed by atoms with Gasteiger partial charge in [-0.05, 0) is 54.8 Å². The molecule has 0 saturated carbocycles. The predicted octanol–water partition coefficient (Wildman–Crippen LogP) is 3.49. The van der Waals surface area contributed by atoms with Gasteiger partial charge in [0.05, 0.1) is 4.90 Å². The molecular weight excluding hydrogens is 379 g/mol. The van der Waals surface area contributed by atoms with E-state index in [-0.39, 0.29) is 22.5 Å². The van der Waals surface area contributed by atoms with Crippen molar-refractivity contribution in [3.8, 4) is 0 Å². The molecule has 1 amide bonds. The lowest BCUT2D eigenvalue weighted by Crippen LogP contribution is -2.34. The van der Waals surface area contributed by atoms with E-state index in [0.29, 0.717) is 18.7 Å². The predicted molar refractivity (Wildman–Crippen MR) is 106 cm³/mol. The van der Waals surface area contributed by atoms with Crippen LogP contribution in [0, 0.1) is 5.82 Å². The number of nitrogens with zero attached hydrogens (tertiary/aromatic N) is 2. The van der Waals surface area contributed by atoms with E-state index in [4.69, 9.17) is 0 Å². The number of carbonyl (C=O) groups excluding carboxylic acids is 1. The van der Waals surface area contributed by atoms with Crippen LogP contribution in [0.4, 0.5) is 4.39 Å². The number of halogens is 1. The fourth-order valence-corrected chi connectivity index (χ4v) is 4.40. The second kappa shape index (κ2) is 8.41. The van der Waals surface area contributed by atoms with Crippen LogP contribution in [0.25, 0.3) is 0 Å². The van der Waals surface area contributed by atoms with E-state index in [0.717, 1.165) is 29.1 Å². The van der Waals surface area contributed by atoms with E-state index in [9.17, 15) is 17.6 Å². The van der Waals surface area contributed by atoms with Gasteiger partial charge in [0.25, 0.3) is 5.91 Å². The summed E-state index contributed by atoms with van der Waals surface area (Å²) in [5, 5.41) is 0. The molecule has 1 aliphatic heterocycles. The molecule has 0 N–H and O–H groups in total. The van der Waals surface area contributed by atoms with E-state index in [2.05, 4.69) is 0 Å². The first-order valence-electron chi connectivity index (χ1n) is 9.36. The van der Waals surface area contributed by atoms with Crippen LogP contribution in [0.1, 0.15) is 41.1 Å². The molecule has 28 heavy (non-hydrogen) atoms. The van der Waals surface area contributed by atoms with Crippen molar-refractivity contribution in [3.05, 3.63) is 65.5 Å². The van der Waals surface area contributed by atoms with Gasteiger partial charge >= 0.3 is 0 Å². The van der Waals surface area contributed by atoms with Gasteiger partial charge < -0.3 is 4.90 Å². The molecule has 7 heteroatoms. The molecule has 0 spiro atoms. The zero-order valence-electron chi connectivity index (χ0n) is 16.1. The molecule has 150 valence electrons. The van der Waals surface area contributed by atoms with Gasteiger partial charge in [-0.2, -0.15) is 0 Å². The molecule has 0 aliphatic carbocycles. The Balaban J connectivity index is 1.78. The van der Waals surface area contributed by atoms with Crippen molar-refractivity contribution in [1.29, 1.82) is 0 Å². The van der Waals surface area contributed by atoms with Gasteiger partial charge in [-0.1, -0.05) is 18.6 Å². The van der Waals surface area contributed by atoms with Crippen LogP contribution >= 0.6 is 0 Å². The lowest BCUT2D eigenvalue weighted by Gasteiger charge is -2.25. The van der Waals surface area contributed by atoms with E-state index in [1.54, 1.807) is 24.3 Å². The molecule has 1 heterocycles. The summed E-state index contributed by atoms with van der Waals surface area (Å²) in [6.07, 6.45) is 2.87. The SMILES string of the molecule is CN(C)S(=O)(=O)c1ccc(C(=O)N2CCCCC(c3ccc(F)cc3)C2)cc1. The van der Waals surface area contributed by atoms with Crippen LogP contribution in [0.5, 0.6) is 0 Å². The minimum absolute atomic E-state index is 0.109. The summed E-state index contributed by atoms with van der Waals surface area (Å²) in [7, 11) is -0.574. The first-order chi connectivity index (χ1) is 13.3. The molecule has 1 saturated heterocycles. The standard InChI is InChI=1S/C21H25FN2O3S/c1-23(2)28(26,27)20-12-8-17(9-13-20)21(25)24-14-4-3-5-18(15-24)16-6-10-19(22)11-7-16/h6-13,18H,3-5,14-15H2,1-2H3. The summed E-state index contributed by atoms with van der Waals surface area (Å²) >= 11 is 0. The second-order valence-corrected chi connectivity index (χ2v) is 9.46. The van der Waals surface area contributed by atoms with E-state index < -0.39 is 10.0 Å². The number of likely N-dealkylation sites (tertiary alicyclic amines) is 1. The number of hydrogen-bond donors (Lipinski definition) is 0. The maximum Gasteiger partial charge on any atom is 0.253 e. The Morgan fingerprint density at radius 2 is 1.68 bits per heavy atom. The van der Waals surface area contributed by atoms with E-state index in [1.807, 2.05) is 4.90 Å². The van der Waals surface area contributed by atoms with Gasteiger partial charge in [0.15, 0.2) is 0 Å². The fourth-order valence-electron chi connectivity index (χ4n) is 3.50. The van der Waals surface area contributed by atoms with Gasteiger partial charge in [0, 0.05) is 38.7 Å². The summed E-state index contributed by atoms with van der Waals surface area (Å²) < 4.78 is 38.7. The van der Waals surface area contributed by atoms with Crippen LogP contribution in [0.3, 0.4) is 0 Å². The van der Waals surface area contributed by atoms with Gasteiger partial charge in [0.1, 0.15) is 5.82 Å². The van der Waals surface area contributed by atoms with Crippen LogP contribution in [0.2, 0.25) is 0 Å². The number of hydrogen-bond acceptors (Lipinski definition) is 3. The quantitative estimate of drug-likeness (QED) is 0.784. The van der Waals surface area contributed by atoms with E-state index >= 15 is 0 Å². The summed E-state index contributed by atoms with van der Waals surface area (Å²) in [4.78, 5) is 15.0. The molecule has 1 unspecified atom stereocenters. The highest BCUT2D eigenvalue weighted by molar-refractivity contribution is 7.89. The molecular formula is C21H25FN2O3S. The molecule has 0 aromatic heterocycles. The topological polar surface area (TPSA) is 57.7 Å². The highest BCUT2D eigenvalue weighted by Gasteiger charge is 2.25. The Bertz CT molecular complexity index is 925. The third-order valence-electron chi connectivity index (χ3n) is 5.18. The highest BCUT2D eigenvalue weighted by Crippen LogP contribution is 2.27. The molecule has 2 aromatic rings. The molecule has 0 bridgehead atoms. The van der Waals surface area contributed by atoms with Crippen molar-refractivity contribution in [2.45, 2.75) is 30.1 Å². The normalized spacial score (nSPS) is 18.1. The van der Waals surface area contributed by atoms with Crippen LogP contribution in [-0.2, 0) is 10.0 Å². The Labute approximate surface area is 165 Å². The van der Waals surface area contributed by atoms with Gasteiger partial charge in [-0.15, -0.1) is 0 Å². The average molecular weight is 405 g/mol. The lowest BCUT2D eigenvalue weighted by atomic mass is 9.94. The van der Waals surface area contributed by atoms with Crippen molar-refractivity contribution < 1.29 is 17.6 Å². The van der Waals surface area contributed by atoms with E-state index in [1.165, 1.54) is 38.4 Å². The minimum atomic E-state index is -3.52. The smallest absolute Gasteiger partial charge is 0.253 e. The number of benzene rings is 2. The first-order valence-corrected chi connectivity index (χ1v) is 10.8. The second-order valence-electron chi connectivity index (χ2n) is 7.31. The Morgan fingerprint density at radius 3 is 2.29 bits per heavy atom. The summed E-state index contributed by atoms with van der Waals surface area (Å²) in [6.45, 7) is 1.23. The van der Waals surface area contributed by atoms with Crippen LogP contribution in [-0.4, -0.2) is 50.7 Å². The monoisotopic (exact) mass is 404 g/mol. The first kappa shape index (κ1) is 20.5. The van der Waals surface area contributed by atoms with Crippen molar-refractivity contribution in [2.24, 2.45) is 0 Å². The number of sulfonamides is 1. The minimum Gasteiger partial charge on any atom is -0.338 e. The van der Waals surface area contributed by atoms with Crippen molar-refractivity contribution in [3.63, 3.8) is 0 Å². The lowest BCUT2D eigenvalue weighted by molar-refractivity contribution is 0.0754. The number of amides is 1. The third-order valence-corrected chi connectivity index (χ3v) is 7.01. The van der Waals surface area contributed by atoms with Crippen molar-refractivity contribution in [1.82, 2.24) is 9.21 Å². The number of carbonyl (C=O) groups is 1. The molecule has 1 atom stereocenters. The number of rotatable bonds is 4. The molecule has 2 aromatic carbocycles. The Kier molecular flexibility index (Phi) is 6.15. The fraction of sp³-hybridized carbons (Fsp3) is 0.381. The summed E-state index contributed by atoms with van der Waals surface area (Å²) in [6, 6.07) is 12.6. The Hall–Kier alpha value is -2.25. The van der Waals surface area contributed by atoms with Gasteiger partial charge in [0.2, 0.25) is 10.0 Å². The van der Waals surface area contributed by atoms with Crippen molar-refractivity contribution in [2.75, 3.05) is 27.2 Å². The zero-order valence-corrected chi connectivity index (χ0v) is 17.0. The summed E-state index contributed by atoms with van der Waals surface area (Å²) in [5.74, 6) is -0.207. The largest absolute Gasteiger partial charge is 0.338 e. The van der Waals surface area contributed by atoms with Gasteiger partial charge in [-0.25, -0.2) is 17.1 Å². The Morgan fingerprint density at radius 1 is 1.04 bits per heavy atom. The molecule has 1 aliphatic rings. The molecule has 5 nitrogen and oxygen atoms in total. The molecule has 1 fully saturated rings. The molecule has 0 radical (unpaired) electrons. The summed E-state index contributed by atoms with van der Waals surface area (Å²) in [5.41, 5.74) is 1.51. The van der Waals surface area contributed by atoms with Gasteiger partial charge in [-0.3, -0.25) is 4.79 Å². The van der Waals surface area contributed by atoms with Crippen LogP contribution in [0.15, 0.2) is 53.4 Å². The maximum absolute atomic E-state index is 13.2. The average Bonchev–Trinajstić information content (AvgIpc) is 2.94.